The van der Waals surface area contributed by atoms with E-state index in [1.54, 1.807) is 30.6 Å². The average Bonchev–Trinajstić information content (AvgIpc) is 2.37. The van der Waals surface area contributed by atoms with Crippen LogP contribution in [0.5, 0.6) is 0 Å². The molecule has 0 aliphatic carbocycles. The summed E-state index contributed by atoms with van der Waals surface area (Å²) in [6, 6.07) is 0. The molecular weight excluding hydrogens is 226 g/mol. The summed E-state index contributed by atoms with van der Waals surface area (Å²) in [7, 11) is 0. The molecule has 0 saturated carbocycles. The monoisotopic (exact) mass is 241 g/mol. The topological polar surface area (TPSA) is 38.7 Å². The van der Waals surface area contributed by atoms with Crippen molar-refractivity contribution >= 4 is 12.0 Å². The van der Waals surface area contributed by atoms with Crippen molar-refractivity contribution in [3.8, 4) is 0 Å². The molecule has 1 heterocycles. The molecule has 0 aromatic rings. The fraction of sp³-hybridized carbons (Fsp3) is 0.0667. The van der Waals surface area contributed by atoms with Gasteiger partial charge in [0.1, 0.15) is 0 Å². The van der Waals surface area contributed by atoms with Crippen LogP contribution >= 0.6 is 0 Å². The van der Waals surface area contributed by atoms with E-state index in [-0.39, 0.29) is 5.78 Å². The minimum Gasteiger partial charge on any atom is -0.472 e. The molecule has 0 N–H and O–H groups in total. The molecule has 1 aliphatic rings. The van der Waals surface area contributed by atoms with Crippen molar-refractivity contribution < 1.29 is 9.53 Å². The van der Waals surface area contributed by atoms with Crippen LogP contribution in [0.25, 0.3) is 0 Å². The van der Waals surface area contributed by atoms with E-state index in [2.05, 4.69) is 4.99 Å². The number of nitrogens with zero attached hydrogens (tertiary/aromatic N) is 1. The molecule has 0 aromatic heterocycles. The lowest BCUT2D eigenvalue weighted by Crippen LogP contribution is -1.84. The van der Waals surface area contributed by atoms with Gasteiger partial charge in [0.25, 0.3) is 0 Å². The second-order valence-corrected chi connectivity index (χ2v) is 3.26. The molecule has 0 atom stereocenters. The number of hydrogen-bond donors (Lipinski definition) is 0. The maximum absolute atomic E-state index is 11.3. The number of aliphatic imine (C=N–C) groups is 1. The van der Waals surface area contributed by atoms with Crippen molar-refractivity contribution in [3.63, 3.8) is 0 Å². The van der Waals surface area contributed by atoms with Crippen molar-refractivity contribution in [1.82, 2.24) is 0 Å². The molecule has 3 nitrogen and oxygen atoms in total. The largest absolute Gasteiger partial charge is 0.472 e. The Labute approximate surface area is 107 Å². The van der Waals surface area contributed by atoms with E-state index in [1.165, 1.54) is 24.7 Å². The van der Waals surface area contributed by atoms with Crippen LogP contribution in [0.15, 0.2) is 78.4 Å². The highest BCUT2D eigenvalue weighted by Gasteiger charge is 1.85. The summed E-state index contributed by atoms with van der Waals surface area (Å²) < 4.78 is 4.98. The van der Waals surface area contributed by atoms with Crippen molar-refractivity contribution in [2.45, 2.75) is 6.42 Å². The van der Waals surface area contributed by atoms with Crippen molar-refractivity contribution in [3.05, 3.63) is 73.4 Å². The maximum atomic E-state index is 11.3. The zero-order valence-electron chi connectivity index (χ0n) is 9.98. The van der Waals surface area contributed by atoms with Gasteiger partial charge in [-0.3, -0.25) is 9.79 Å². The first kappa shape index (κ1) is 13.6. The molecule has 1 aliphatic heterocycles. The zero-order valence-corrected chi connectivity index (χ0v) is 9.98. The number of allylic oxidation sites excluding steroid dienone is 9. The lowest BCUT2D eigenvalue weighted by Gasteiger charge is -1.86. The van der Waals surface area contributed by atoms with E-state index in [0.29, 0.717) is 0 Å². The van der Waals surface area contributed by atoms with Crippen LogP contribution < -0.4 is 0 Å². The SMILES string of the molecule is O=C1/C=C\C=C/C\C=C/C=N/C=C\C=C/O/C=C\1. The highest BCUT2D eigenvalue weighted by molar-refractivity contribution is 5.99. The highest BCUT2D eigenvalue weighted by Crippen LogP contribution is 1.90. The van der Waals surface area contributed by atoms with Gasteiger partial charge in [0.2, 0.25) is 0 Å². The Morgan fingerprint density at radius 3 is 2.78 bits per heavy atom. The summed E-state index contributed by atoms with van der Waals surface area (Å²) in [5.74, 6) is -0.119. The first-order chi connectivity index (χ1) is 8.89. The summed E-state index contributed by atoms with van der Waals surface area (Å²) in [4.78, 5) is 15.3. The Kier molecular flexibility index (Phi) is 7.41. The van der Waals surface area contributed by atoms with E-state index >= 15 is 0 Å². The predicted molar refractivity (Wildman–Crippen MR) is 74.0 cm³/mol. The molecule has 0 saturated heterocycles. The van der Waals surface area contributed by atoms with Crippen molar-refractivity contribution in [2.75, 3.05) is 0 Å². The quantitative estimate of drug-likeness (QED) is 0.653. The van der Waals surface area contributed by atoms with E-state index in [1.807, 2.05) is 24.3 Å². The summed E-state index contributed by atoms with van der Waals surface area (Å²) in [5, 5.41) is 0. The molecule has 0 fully saturated rings. The fourth-order valence-electron chi connectivity index (χ4n) is 1.02. The lowest BCUT2D eigenvalue weighted by atomic mass is 10.3. The molecule has 0 radical (unpaired) electrons. The second-order valence-electron chi connectivity index (χ2n) is 3.26. The van der Waals surface area contributed by atoms with Crippen molar-refractivity contribution in [1.29, 1.82) is 0 Å². The Bertz CT molecular complexity index is 449. The average molecular weight is 241 g/mol. The van der Waals surface area contributed by atoms with Gasteiger partial charge in [0.05, 0.1) is 12.5 Å². The van der Waals surface area contributed by atoms with E-state index < -0.39 is 0 Å². The minimum atomic E-state index is -0.119. The third-order valence-corrected chi connectivity index (χ3v) is 1.84. The standard InChI is InChI=1S/C15H15NO2/c17-15-9-5-3-1-2-4-6-11-16-12-7-8-13-18-14-10-15/h1,3-14H,2H2/b3-1-,6-4-,9-5-,12-7-,13-8-,14-10-,16-11+. The zero-order chi connectivity index (χ0) is 12.9. The summed E-state index contributed by atoms with van der Waals surface area (Å²) in [6.07, 6.45) is 22.5. The maximum Gasteiger partial charge on any atom is 0.181 e. The van der Waals surface area contributed by atoms with Crippen LogP contribution in [-0.4, -0.2) is 12.0 Å². The van der Waals surface area contributed by atoms with Crippen LogP contribution in [0, 0.1) is 0 Å². The number of ether oxygens (including phenoxy) is 1. The number of carbonyl (C=O) groups is 1. The fourth-order valence-corrected chi connectivity index (χ4v) is 1.02. The van der Waals surface area contributed by atoms with Gasteiger partial charge in [-0.05, 0) is 30.7 Å². The van der Waals surface area contributed by atoms with Crippen LogP contribution in [-0.2, 0) is 9.53 Å². The summed E-state index contributed by atoms with van der Waals surface area (Å²) >= 11 is 0. The first-order valence-corrected chi connectivity index (χ1v) is 5.59. The predicted octanol–water partition coefficient (Wildman–Crippen LogP) is 3.26. The third-order valence-electron chi connectivity index (χ3n) is 1.84. The van der Waals surface area contributed by atoms with Crippen LogP contribution in [0.2, 0.25) is 0 Å². The van der Waals surface area contributed by atoms with Gasteiger partial charge < -0.3 is 4.74 Å². The van der Waals surface area contributed by atoms with E-state index in [0.717, 1.165) is 6.42 Å². The smallest absolute Gasteiger partial charge is 0.181 e. The minimum absolute atomic E-state index is 0.119. The Balaban J connectivity index is 2.65. The molecule has 0 bridgehead atoms. The molecule has 3 heteroatoms. The number of rotatable bonds is 0. The van der Waals surface area contributed by atoms with Gasteiger partial charge in [-0.1, -0.05) is 24.3 Å². The lowest BCUT2D eigenvalue weighted by molar-refractivity contribution is -0.110. The third kappa shape index (κ3) is 7.82. The number of carbonyl (C=O) groups excluding carboxylic acids is 1. The normalized spacial score (nSPS) is 29.2. The number of ketones is 1. The molecule has 18 heavy (non-hydrogen) atoms. The van der Waals surface area contributed by atoms with Gasteiger partial charge in [-0.15, -0.1) is 0 Å². The van der Waals surface area contributed by atoms with E-state index in [4.69, 9.17) is 4.74 Å². The van der Waals surface area contributed by atoms with Gasteiger partial charge in [0.15, 0.2) is 5.78 Å². The molecule has 0 unspecified atom stereocenters. The molecule has 0 amide bonds. The van der Waals surface area contributed by atoms with Gasteiger partial charge >= 0.3 is 0 Å². The Morgan fingerprint density at radius 2 is 1.83 bits per heavy atom. The molecule has 1 rings (SSSR count). The van der Waals surface area contributed by atoms with Gasteiger partial charge in [-0.2, -0.15) is 0 Å². The van der Waals surface area contributed by atoms with Crippen molar-refractivity contribution in [2.24, 2.45) is 4.99 Å². The van der Waals surface area contributed by atoms with Gasteiger partial charge in [0, 0.05) is 18.5 Å². The molecular formula is C15H15NO2. The Hall–Kier alpha value is -2.42. The van der Waals surface area contributed by atoms with Crippen LogP contribution in [0.1, 0.15) is 6.42 Å². The van der Waals surface area contributed by atoms with E-state index in [9.17, 15) is 4.79 Å². The molecule has 0 aromatic carbocycles. The van der Waals surface area contributed by atoms with Crippen LogP contribution in [0.3, 0.4) is 0 Å². The van der Waals surface area contributed by atoms with Gasteiger partial charge in [-0.25, -0.2) is 0 Å². The summed E-state index contributed by atoms with van der Waals surface area (Å²) in [6.45, 7) is 0. The summed E-state index contributed by atoms with van der Waals surface area (Å²) in [5.41, 5.74) is 0. The second kappa shape index (κ2) is 9.78. The highest BCUT2D eigenvalue weighted by atomic mass is 16.5. The Morgan fingerprint density at radius 1 is 0.944 bits per heavy atom. The number of hydrogen-bond acceptors (Lipinski definition) is 3. The molecule has 0 spiro atoms. The first-order valence-electron chi connectivity index (χ1n) is 5.59. The molecule has 92 valence electrons. The van der Waals surface area contributed by atoms with Crippen LogP contribution in [0.4, 0.5) is 0 Å².